The van der Waals surface area contributed by atoms with Crippen molar-refractivity contribution in [2.45, 2.75) is 39.0 Å². The predicted octanol–water partition coefficient (Wildman–Crippen LogP) is 1.67. The molecule has 0 fully saturated rings. The van der Waals surface area contributed by atoms with Gasteiger partial charge in [-0.25, -0.2) is 4.79 Å². The molecule has 0 aromatic heterocycles. The van der Waals surface area contributed by atoms with E-state index >= 15 is 0 Å². The highest BCUT2D eigenvalue weighted by atomic mass is 16.6. The molecule has 0 spiro atoms. The van der Waals surface area contributed by atoms with Gasteiger partial charge in [-0.1, -0.05) is 26.2 Å². The molecule has 0 bridgehead atoms. The van der Waals surface area contributed by atoms with E-state index in [0.717, 1.165) is 25.7 Å². The van der Waals surface area contributed by atoms with Crippen LogP contribution in [0.3, 0.4) is 0 Å². The van der Waals surface area contributed by atoms with Crippen LogP contribution in [0.15, 0.2) is 0 Å². The van der Waals surface area contributed by atoms with Crippen molar-refractivity contribution in [3.05, 3.63) is 0 Å². The smallest absolute Gasteiger partial charge is 0.329 e. The molecule has 0 atom stereocenters. The van der Waals surface area contributed by atoms with E-state index in [1.54, 1.807) is 0 Å². The second kappa shape index (κ2) is 22.0. The molecule has 0 aliphatic heterocycles. The average molecular weight is 408 g/mol. The largest absolute Gasteiger partial charge is 0.480 e. The summed E-state index contributed by atoms with van der Waals surface area (Å²) in [6.45, 7) is 5.68. The second-order valence-corrected chi connectivity index (χ2v) is 5.93. The Morgan fingerprint density at radius 1 is 0.643 bits per heavy atom. The van der Waals surface area contributed by atoms with Crippen molar-refractivity contribution in [2.24, 2.45) is 0 Å². The predicted molar refractivity (Wildman–Crippen MR) is 101 cm³/mol. The van der Waals surface area contributed by atoms with E-state index in [4.69, 9.17) is 33.5 Å². The third-order valence-electron chi connectivity index (χ3n) is 3.44. The molecule has 0 heterocycles. The van der Waals surface area contributed by atoms with Gasteiger partial charge in [0, 0.05) is 6.42 Å². The van der Waals surface area contributed by atoms with E-state index in [0.29, 0.717) is 59.3 Å². The second-order valence-electron chi connectivity index (χ2n) is 5.93. The molecule has 0 amide bonds. The monoisotopic (exact) mass is 408 g/mol. The Bertz CT molecular complexity index is 363. The number of carboxylic acid groups (broad SMARTS) is 1. The van der Waals surface area contributed by atoms with Gasteiger partial charge in [-0.15, -0.1) is 0 Å². The molecule has 0 aliphatic carbocycles. The summed E-state index contributed by atoms with van der Waals surface area (Å²) in [6.07, 6.45) is 4.74. The summed E-state index contributed by atoms with van der Waals surface area (Å²) in [7, 11) is 0. The zero-order chi connectivity index (χ0) is 20.7. The summed E-state index contributed by atoms with van der Waals surface area (Å²) < 4.78 is 31.1. The van der Waals surface area contributed by atoms with Crippen LogP contribution >= 0.6 is 0 Å². The Morgan fingerprint density at radius 3 is 1.57 bits per heavy atom. The van der Waals surface area contributed by atoms with Crippen molar-refractivity contribution in [3.8, 4) is 0 Å². The summed E-state index contributed by atoms with van der Waals surface area (Å²) in [4.78, 5) is 21.6. The van der Waals surface area contributed by atoms with E-state index in [9.17, 15) is 9.59 Å². The van der Waals surface area contributed by atoms with Crippen molar-refractivity contribution < 1.29 is 43.1 Å². The first-order chi connectivity index (χ1) is 13.7. The SMILES string of the molecule is CCCCCCC(=O)OCCOCCOCCOCCOCCOCC(=O)O. The van der Waals surface area contributed by atoms with E-state index in [-0.39, 0.29) is 25.8 Å². The minimum atomic E-state index is -0.995. The van der Waals surface area contributed by atoms with Gasteiger partial charge in [-0.05, 0) is 6.42 Å². The number of esters is 1. The Hall–Kier alpha value is -1.26. The lowest BCUT2D eigenvalue weighted by Crippen LogP contribution is -2.15. The maximum atomic E-state index is 11.4. The van der Waals surface area contributed by atoms with Crippen LogP contribution < -0.4 is 0 Å². The number of rotatable bonds is 22. The number of hydrogen-bond acceptors (Lipinski definition) is 8. The maximum Gasteiger partial charge on any atom is 0.329 e. The highest BCUT2D eigenvalue weighted by molar-refractivity contribution is 5.69. The Kier molecular flexibility index (Phi) is 21.0. The molecule has 0 aromatic carbocycles. The van der Waals surface area contributed by atoms with Crippen LogP contribution in [-0.2, 0) is 38.0 Å². The molecule has 0 unspecified atom stereocenters. The molecule has 9 heteroatoms. The molecule has 28 heavy (non-hydrogen) atoms. The van der Waals surface area contributed by atoms with Crippen molar-refractivity contribution in [2.75, 3.05) is 72.7 Å². The minimum absolute atomic E-state index is 0.162. The van der Waals surface area contributed by atoms with Crippen molar-refractivity contribution in [3.63, 3.8) is 0 Å². The first-order valence-corrected chi connectivity index (χ1v) is 9.93. The van der Waals surface area contributed by atoms with Gasteiger partial charge in [0.2, 0.25) is 0 Å². The molecule has 0 saturated heterocycles. The summed E-state index contributed by atoms with van der Waals surface area (Å²) in [6, 6.07) is 0. The lowest BCUT2D eigenvalue weighted by molar-refractivity contribution is -0.145. The number of ether oxygens (including phenoxy) is 6. The van der Waals surface area contributed by atoms with Gasteiger partial charge in [-0.3, -0.25) is 4.79 Å². The van der Waals surface area contributed by atoms with Crippen molar-refractivity contribution in [1.82, 2.24) is 0 Å². The number of carboxylic acids is 1. The normalized spacial score (nSPS) is 10.9. The molecule has 0 rings (SSSR count). The van der Waals surface area contributed by atoms with Crippen LogP contribution in [-0.4, -0.2) is 89.7 Å². The Balaban J connectivity index is 3.10. The fourth-order valence-corrected chi connectivity index (χ4v) is 2.02. The van der Waals surface area contributed by atoms with E-state index in [1.165, 1.54) is 0 Å². The van der Waals surface area contributed by atoms with Crippen LogP contribution in [0, 0.1) is 0 Å². The van der Waals surface area contributed by atoms with Gasteiger partial charge >= 0.3 is 11.9 Å². The van der Waals surface area contributed by atoms with Gasteiger partial charge < -0.3 is 33.5 Å². The number of carbonyl (C=O) groups excluding carboxylic acids is 1. The lowest BCUT2D eigenvalue weighted by Gasteiger charge is -2.08. The zero-order valence-electron chi connectivity index (χ0n) is 17.0. The fraction of sp³-hybridized carbons (Fsp3) is 0.895. The average Bonchev–Trinajstić information content (AvgIpc) is 2.67. The number of hydrogen-bond donors (Lipinski definition) is 1. The summed E-state index contributed by atoms with van der Waals surface area (Å²) >= 11 is 0. The highest BCUT2D eigenvalue weighted by Gasteiger charge is 2.02. The van der Waals surface area contributed by atoms with E-state index in [2.05, 4.69) is 6.92 Å². The highest BCUT2D eigenvalue weighted by Crippen LogP contribution is 2.03. The topological polar surface area (TPSA) is 110 Å². The first kappa shape index (κ1) is 26.7. The van der Waals surface area contributed by atoms with Crippen molar-refractivity contribution >= 4 is 11.9 Å². The molecular formula is C19H36O9. The number of unbranched alkanes of at least 4 members (excludes halogenated alkanes) is 3. The molecule has 166 valence electrons. The Morgan fingerprint density at radius 2 is 1.11 bits per heavy atom. The van der Waals surface area contributed by atoms with Crippen LogP contribution in [0.2, 0.25) is 0 Å². The standard InChI is InChI=1S/C19H36O9/c1-2-3-4-5-6-19(22)28-16-15-26-12-11-24-8-7-23-9-10-25-13-14-27-17-18(20)21/h2-17H2,1H3,(H,20,21). The molecule has 0 aliphatic rings. The van der Waals surface area contributed by atoms with Gasteiger partial charge in [0.15, 0.2) is 0 Å². The van der Waals surface area contributed by atoms with Gasteiger partial charge in [0.1, 0.15) is 13.2 Å². The van der Waals surface area contributed by atoms with E-state index < -0.39 is 5.97 Å². The third-order valence-corrected chi connectivity index (χ3v) is 3.44. The molecular weight excluding hydrogens is 372 g/mol. The van der Waals surface area contributed by atoms with Crippen LogP contribution in [0.1, 0.15) is 39.0 Å². The van der Waals surface area contributed by atoms with Gasteiger partial charge in [0.25, 0.3) is 0 Å². The van der Waals surface area contributed by atoms with Crippen LogP contribution in [0.25, 0.3) is 0 Å². The Labute approximate surface area is 167 Å². The van der Waals surface area contributed by atoms with Crippen LogP contribution in [0.5, 0.6) is 0 Å². The van der Waals surface area contributed by atoms with Crippen LogP contribution in [0.4, 0.5) is 0 Å². The quantitative estimate of drug-likeness (QED) is 0.211. The van der Waals surface area contributed by atoms with Gasteiger partial charge in [-0.2, -0.15) is 0 Å². The van der Waals surface area contributed by atoms with E-state index in [1.807, 2.05) is 0 Å². The van der Waals surface area contributed by atoms with Crippen molar-refractivity contribution in [1.29, 1.82) is 0 Å². The molecule has 0 saturated carbocycles. The summed E-state index contributed by atoms with van der Waals surface area (Å²) in [5.41, 5.74) is 0. The number of carbonyl (C=O) groups is 2. The minimum Gasteiger partial charge on any atom is -0.480 e. The third kappa shape index (κ3) is 22.8. The zero-order valence-corrected chi connectivity index (χ0v) is 17.0. The maximum absolute atomic E-state index is 11.4. The molecule has 1 N–H and O–H groups in total. The number of aliphatic carboxylic acids is 1. The lowest BCUT2D eigenvalue weighted by atomic mass is 10.2. The molecule has 9 nitrogen and oxygen atoms in total. The van der Waals surface area contributed by atoms with Gasteiger partial charge in [0.05, 0.1) is 59.5 Å². The summed E-state index contributed by atoms with van der Waals surface area (Å²) in [5, 5.41) is 8.37. The molecule has 0 aromatic rings. The molecule has 0 radical (unpaired) electrons. The fourth-order valence-electron chi connectivity index (χ4n) is 2.02. The first-order valence-electron chi connectivity index (χ1n) is 9.93. The summed E-state index contributed by atoms with van der Waals surface area (Å²) in [5.74, 6) is -1.16.